The fourth-order valence-electron chi connectivity index (χ4n) is 3.20. The number of hydrogen-bond donors (Lipinski definition) is 0. The smallest absolute Gasteiger partial charge is 0.228 e. The van der Waals surface area contributed by atoms with Crippen LogP contribution in [-0.2, 0) is 23.6 Å². The van der Waals surface area contributed by atoms with Crippen molar-refractivity contribution in [2.75, 3.05) is 31.2 Å². The first-order valence-corrected chi connectivity index (χ1v) is 10.3. The number of thioether (sulfide) groups is 1. The van der Waals surface area contributed by atoms with Gasteiger partial charge in [-0.25, -0.2) is 4.98 Å². The van der Waals surface area contributed by atoms with Crippen molar-refractivity contribution in [3.8, 4) is 0 Å². The maximum absolute atomic E-state index is 5.44. The van der Waals surface area contributed by atoms with E-state index in [1.807, 2.05) is 18.5 Å². The van der Waals surface area contributed by atoms with E-state index in [0.717, 1.165) is 62.1 Å². The van der Waals surface area contributed by atoms with E-state index in [0.29, 0.717) is 0 Å². The monoisotopic (exact) mass is 384 g/mol. The first kappa shape index (κ1) is 18.1. The highest BCUT2D eigenvalue weighted by atomic mass is 32.2. The molecule has 3 heterocycles. The van der Waals surface area contributed by atoms with Crippen LogP contribution < -0.4 is 4.90 Å². The number of ether oxygens (including phenoxy) is 1. The van der Waals surface area contributed by atoms with Crippen molar-refractivity contribution < 1.29 is 4.74 Å². The molecular weight excluding hydrogens is 360 g/mol. The molecule has 1 aromatic carbocycles. The van der Waals surface area contributed by atoms with Crippen LogP contribution in [0.15, 0.2) is 47.9 Å². The van der Waals surface area contributed by atoms with E-state index >= 15 is 0 Å². The molecule has 2 aromatic heterocycles. The summed E-state index contributed by atoms with van der Waals surface area (Å²) in [6.07, 6.45) is 3.90. The molecule has 0 unspecified atom stereocenters. The van der Waals surface area contributed by atoms with Crippen LogP contribution in [-0.4, -0.2) is 50.6 Å². The zero-order valence-corrected chi connectivity index (χ0v) is 16.3. The maximum atomic E-state index is 5.44. The zero-order valence-electron chi connectivity index (χ0n) is 15.5. The Labute approximate surface area is 163 Å². The lowest BCUT2D eigenvalue weighted by atomic mass is 10.2. The van der Waals surface area contributed by atoms with E-state index < -0.39 is 0 Å². The Morgan fingerprint density at radius 3 is 2.70 bits per heavy atom. The molecule has 1 aliphatic rings. The number of anilines is 1. The Kier molecular flexibility index (Phi) is 5.74. The number of hydrogen-bond acceptors (Lipinski definition) is 6. The molecule has 1 aliphatic heterocycles. The van der Waals surface area contributed by atoms with Gasteiger partial charge in [0.1, 0.15) is 5.82 Å². The van der Waals surface area contributed by atoms with Crippen LogP contribution in [0, 0.1) is 0 Å². The minimum absolute atomic E-state index is 0.746. The number of imidazole rings is 1. The standard InChI is InChI=1S/C19H24N6OS/c1-2-25-18(23-10-12-26-13-11-23)21-22-19(25)27-15-17-20-8-9-24(17)14-16-6-4-3-5-7-16/h3-9H,2,10-15H2,1H3. The van der Waals surface area contributed by atoms with Gasteiger partial charge in [0, 0.05) is 38.6 Å². The minimum Gasteiger partial charge on any atom is -0.378 e. The van der Waals surface area contributed by atoms with Gasteiger partial charge in [0.15, 0.2) is 5.16 Å². The largest absolute Gasteiger partial charge is 0.378 e. The topological polar surface area (TPSA) is 61.0 Å². The van der Waals surface area contributed by atoms with Gasteiger partial charge in [-0.15, -0.1) is 10.2 Å². The molecule has 142 valence electrons. The second kappa shape index (κ2) is 8.58. The Hall–Kier alpha value is -2.32. The molecule has 0 N–H and O–H groups in total. The van der Waals surface area contributed by atoms with Gasteiger partial charge in [0.05, 0.1) is 19.0 Å². The SMILES string of the molecule is CCn1c(SCc2nccn2Cc2ccccc2)nnc1N1CCOCC1. The van der Waals surface area contributed by atoms with Crippen molar-refractivity contribution in [2.24, 2.45) is 0 Å². The van der Waals surface area contributed by atoms with Crippen LogP contribution >= 0.6 is 11.8 Å². The number of rotatable bonds is 7. The molecule has 8 heteroatoms. The molecule has 27 heavy (non-hydrogen) atoms. The molecule has 0 radical (unpaired) electrons. The zero-order chi connectivity index (χ0) is 18.5. The van der Waals surface area contributed by atoms with E-state index in [9.17, 15) is 0 Å². The van der Waals surface area contributed by atoms with Crippen LogP contribution in [0.5, 0.6) is 0 Å². The minimum atomic E-state index is 0.746. The highest BCUT2D eigenvalue weighted by Gasteiger charge is 2.20. The summed E-state index contributed by atoms with van der Waals surface area (Å²) in [5.41, 5.74) is 1.27. The van der Waals surface area contributed by atoms with Crippen LogP contribution in [0.3, 0.4) is 0 Å². The van der Waals surface area contributed by atoms with E-state index in [-0.39, 0.29) is 0 Å². The lowest BCUT2D eigenvalue weighted by molar-refractivity contribution is 0.121. The molecule has 1 fully saturated rings. The van der Waals surface area contributed by atoms with Gasteiger partial charge in [-0.05, 0) is 12.5 Å². The van der Waals surface area contributed by atoms with Crippen LogP contribution in [0.2, 0.25) is 0 Å². The Bertz CT molecular complexity index is 856. The highest BCUT2D eigenvalue weighted by molar-refractivity contribution is 7.98. The number of aromatic nitrogens is 5. The summed E-state index contributed by atoms with van der Waals surface area (Å²) < 4.78 is 9.82. The molecule has 0 aliphatic carbocycles. The highest BCUT2D eigenvalue weighted by Crippen LogP contribution is 2.25. The summed E-state index contributed by atoms with van der Waals surface area (Å²) in [4.78, 5) is 6.79. The quantitative estimate of drug-likeness (QED) is 0.584. The van der Waals surface area contributed by atoms with Gasteiger partial charge < -0.3 is 14.2 Å². The summed E-state index contributed by atoms with van der Waals surface area (Å²) in [5, 5.41) is 9.81. The first-order chi connectivity index (χ1) is 13.3. The number of morpholine rings is 1. The lowest BCUT2D eigenvalue weighted by Gasteiger charge is -2.27. The third-order valence-electron chi connectivity index (χ3n) is 4.64. The summed E-state index contributed by atoms with van der Waals surface area (Å²) in [7, 11) is 0. The summed E-state index contributed by atoms with van der Waals surface area (Å²) in [6, 6.07) is 10.4. The molecule has 0 bridgehead atoms. The average molecular weight is 385 g/mol. The van der Waals surface area contributed by atoms with Gasteiger partial charge in [-0.1, -0.05) is 42.1 Å². The fourth-order valence-corrected chi connectivity index (χ4v) is 4.16. The van der Waals surface area contributed by atoms with E-state index in [2.05, 4.69) is 60.4 Å². The van der Waals surface area contributed by atoms with Crippen molar-refractivity contribution in [2.45, 2.75) is 30.9 Å². The van der Waals surface area contributed by atoms with Gasteiger partial charge >= 0.3 is 0 Å². The van der Waals surface area contributed by atoms with Gasteiger partial charge in [-0.2, -0.15) is 0 Å². The van der Waals surface area contributed by atoms with Gasteiger partial charge in [-0.3, -0.25) is 4.57 Å². The van der Waals surface area contributed by atoms with Gasteiger partial charge in [0.2, 0.25) is 5.95 Å². The lowest BCUT2D eigenvalue weighted by Crippen LogP contribution is -2.38. The Morgan fingerprint density at radius 2 is 1.93 bits per heavy atom. The second-order valence-electron chi connectivity index (χ2n) is 6.37. The van der Waals surface area contributed by atoms with Crippen LogP contribution in [0.1, 0.15) is 18.3 Å². The van der Waals surface area contributed by atoms with Gasteiger partial charge in [0.25, 0.3) is 0 Å². The molecule has 1 saturated heterocycles. The van der Waals surface area contributed by atoms with Crippen molar-refractivity contribution in [3.05, 3.63) is 54.1 Å². The summed E-state index contributed by atoms with van der Waals surface area (Å²) in [5.74, 6) is 2.75. The molecule has 3 aromatic rings. The second-order valence-corrected chi connectivity index (χ2v) is 7.31. The third-order valence-corrected chi connectivity index (χ3v) is 5.60. The fraction of sp³-hybridized carbons (Fsp3) is 0.421. The molecule has 0 atom stereocenters. The van der Waals surface area contributed by atoms with E-state index in [4.69, 9.17) is 4.74 Å². The molecule has 0 saturated carbocycles. The first-order valence-electron chi connectivity index (χ1n) is 9.27. The number of nitrogens with zero attached hydrogens (tertiary/aromatic N) is 6. The molecule has 0 spiro atoms. The Balaban J connectivity index is 1.45. The summed E-state index contributed by atoms with van der Waals surface area (Å²) >= 11 is 1.69. The van der Waals surface area contributed by atoms with Crippen molar-refractivity contribution in [3.63, 3.8) is 0 Å². The summed E-state index contributed by atoms with van der Waals surface area (Å²) in [6.45, 7) is 7.03. The average Bonchev–Trinajstić information content (AvgIpc) is 3.34. The van der Waals surface area contributed by atoms with E-state index in [1.165, 1.54) is 5.56 Å². The molecule has 7 nitrogen and oxygen atoms in total. The maximum Gasteiger partial charge on any atom is 0.228 e. The molecule has 4 rings (SSSR count). The Morgan fingerprint density at radius 1 is 1.11 bits per heavy atom. The number of benzene rings is 1. The third kappa shape index (κ3) is 4.17. The molecular formula is C19H24N6OS. The van der Waals surface area contributed by atoms with E-state index in [1.54, 1.807) is 11.8 Å². The van der Waals surface area contributed by atoms with Crippen LogP contribution in [0.25, 0.3) is 0 Å². The normalized spacial score (nSPS) is 14.6. The van der Waals surface area contributed by atoms with Crippen molar-refractivity contribution in [1.29, 1.82) is 0 Å². The van der Waals surface area contributed by atoms with Crippen LogP contribution in [0.4, 0.5) is 5.95 Å². The van der Waals surface area contributed by atoms with Crippen molar-refractivity contribution >= 4 is 17.7 Å². The van der Waals surface area contributed by atoms with Crippen molar-refractivity contribution in [1.82, 2.24) is 24.3 Å². The predicted molar refractivity (Wildman–Crippen MR) is 106 cm³/mol. The molecule has 0 amide bonds. The predicted octanol–water partition coefficient (Wildman–Crippen LogP) is 2.67.